The number of thiophene rings is 1. The molecule has 1 unspecified atom stereocenters. The van der Waals surface area contributed by atoms with Gasteiger partial charge in [-0.25, -0.2) is 0 Å². The topological polar surface area (TPSA) is 29.9 Å². The van der Waals surface area contributed by atoms with E-state index in [1.165, 1.54) is 0 Å². The summed E-state index contributed by atoms with van der Waals surface area (Å²) in [4.78, 5) is 1.14. The van der Waals surface area contributed by atoms with Crippen molar-refractivity contribution >= 4 is 22.9 Å². The molecule has 0 aromatic carbocycles. The van der Waals surface area contributed by atoms with Crippen molar-refractivity contribution in [3.05, 3.63) is 38.8 Å². The summed E-state index contributed by atoms with van der Waals surface area (Å²) in [5.41, 5.74) is 2.25. The van der Waals surface area contributed by atoms with Crippen molar-refractivity contribution in [3.8, 4) is 0 Å². The van der Waals surface area contributed by atoms with Crippen LogP contribution in [0.1, 0.15) is 29.2 Å². The van der Waals surface area contributed by atoms with Gasteiger partial charge in [-0.05, 0) is 31.0 Å². The summed E-state index contributed by atoms with van der Waals surface area (Å²) in [7, 11) is 3.92. The Morgan fingerprint density at radius 3 is 2.82 bits per heavy atom. The minimum atomic E-state index is 0.111. The molecule has 92 valence electrons. The minimum absolute atomic E-state index is 0.111. The van der Waals surface area contributed by atoms with Crippen LogP contribution in [0.15, 0.2) is 17.5 Å². The largest absolute Gasteiger partial charge is 0.307 e. The second-order valence-corrected chi connectivity index (χ2v) is 5.25. The molecule has 2 aromatic rings. The van der Waals surface area contributed by atoms with Crippen LogP contribution in [-0.4, -0.2) is 16.8 Å². The van der Waals surface area contributed by atoms with Gasteiger partial charge in [-0.3, -0.25) is 4.68 Å². The molecule has 2 rings (SSSR count). The van der Waals surface area contributed by atoms with Gasteiger partial charge in [-0.1, -0.05) is 18.5 Å². The summed E-state index contributed by atoms with van der Waals surface area (Å²) in [6, 6.07) is 4.18. The molecule has 0 spiro atoms. The van der Waals surface area contributed by atoms with Crippen molar-refractivity contribution in [2.45, 2.75) is 19.4 Å². The van der Waals surface area contributed by atoms with E-state index in [2.05, 4.69) is 23.4 Å². The number of halogens is 1. The van der Waals surface area contributed by atoms with E-state index in [-0.39, 0.29) is 6.04 Å². The summed E-state index contributed by atoms with van der Waals surface area (Å²) in [6.07, 6.45) is 0.947. The van der Waals surface area contributed by atoms with Crippen LogP contribution in [0, 0.1) is 0 Å². The zero-order valence-corrected chi connectivity index (χ0v) is 11.8. The van der Waals surface area contributed by atoms with E-state index < -0.39 is 0 Å². The standard InChI is InChI=1S/C12H16ClN3S/c1-4-8-7-10(16(3)15-8)11(14-2)12-9(13)5-6-17-12/h5-7,11,14H,4H2,1-3H3. The number of nitrogens with one attached hydrogen (secondary N) is 1. The molecule has 1 N–H and O–H groups in total. The fourth-order valence-electron chi connectivity index (χ4n) is 1.91. The van der Waals surface area contributed by atoms with Crippen LogP contribution < -0.4 is 5.32 Å². The fraction of sp³-hybridized carbons (Fsp3) is 0.417. The molecule has 0 saturated heterocycles. The van der Waals surface area contributed by atoms with Crippen molar-refractivity contribution in [1.82, 2.24) is 15.1 Å². The SMILES string of the molecule is CCc1cc(C(NC)c2sccc2Cl)n(C)n1. The van der Waals surface area contributed by atoms with Crippen molar-refractivity contribution in [2.75, 3.05) is 7.05 Å². The third-order valence-corrected chi connectivity index (χ3v) is 4.24. The molecule has 0 aliphatic rings. The van der Waals surface area contributed by atoms with Crippen LogP contribution >= 0.6 is 22.9 Å². The van der Waals surface area contributed by atoms with Gasteiger partial charge in [0.15, 0.2) is 0 Å². The average Bonchev–Trinajstić information content (AvgIpc) is 2.88. The lowest BCUT2D eigenvalue weighted by Crippen LogP contribution is -2.19. The Balaban J connectivity index is 2.42. The zero-order chi connectivity index (χ0) is 12.4. The van der Waals surface area contributed by atoms with Crippen LogP contribution in [0.5, 0.6) is 0 Å². The number of aryl methyl sites for hydroxylation is 2. The van der Waals surface area contributed by atoms with Crippen LogP contribution in [0.4, 0.5) is 0 Å². The van der Waals surface area contributed by atoms with Crippen LogP contribution in [0.3, 0.4) is 0 Å². The zero-order valence-electron chi connectivity index (χ0n) is 10.2. The van der Waals surface area contributed by atoms with E-state index in [4.69, 9.17) is 11.6 Å². The van der Waals surface area contributed by atoms with Crippen LogP contribution in [0.2, 0.25) is 5.02 Å². The van der Waals surface area contributed by atoms with Crippen molar-refractivity contribution in [1.29, 1.82) is 0 Å². The second-order valence-electron chi connectivity index (χ2n) is 3.89. The van der Waals surface area contributed by atoms with Crippen molar-refractivity contribution < 1.29 is 0 Å². The highest BCUT2D eigenvalue weighted by Crippen LogP contribution is 2.32. The van der Waals surface area contributed by atoms with Crippen LogP contribution in [-0.2, 0) is 13.5 Å². The molecule has 17 heavy (non-hydrogen) atoms. The Hall–Kier alpha value is -0.840. The maximum atomic E-state index is 6.20. The van der Waals surface area contributed by atoms with Gasteiger partial charge in [0.1, 0.15) is 0 Å². The monoisotopic (exact) mass is 269 g/mol. The molecule has 1 atom stereocenters. The lowest BCUT2D eigenvalue weighted by atomic mass is 10.1. The third-order valence-electron chi connectivity index (χ3n) is 2.82. The molecule has 0 aliphatic heterocycles. The normalized spacial score (nSPS) is 12.9. The number of aromatic nitrogens is 2. The Labute approximate surface area is 110 Å². The van der Waals surface area contributed by atoms with Crippen LogP contribution in [0.25, 0.3) is 0 Å². The minimum Gasteiger partial charge on any atom is -0.307 e. The van der Waals surface area contributed by atoms with E-state index in [1.54, 1.807) is 11.3 Å². The summed E-state index contributed by atoms with van der Waals surface area (Å²) in [5, 5.41) is 10.6. The number of rotatable bonds is 4. The lowest BCUT2D eigenvalue weighted by Gasteiger charge is -2.15. The van der Waals surface area contributed by atoms with E-state index in [0.29, 0.717) is 0 Å². The van der Waals surface area contributed by atoms with Gasteiger partial charge in [0.2, 0.25) is 0 Å². The molecule has 0 aliphatic carbocycles. The highest BCUT2D eigenvalue weighted by Gasteiger charge is 2.20. The average molecular weight is 270 g/mol. The lowest BCUT2D eigenvalue weighted by molar-refractivity contribution is 0.610. The predicted molar refractivity (Wildman–Crippen MR) is 72.8 cm³/mol. The number of hydrogen-bond donors (Lipinski definition) is 1. The van der Waals surface area contributed by atoms with Crippen molar-refractivity contribution in [3.63, 3.8) is 0 Å². The fourth-order valence-corrected chi connectivity index (χ4v) is 3.20. The molecule has 2 aromatic heterocycles. The smallest absolute Gasteiger partial charge is 0.0854 e. The Bertz CT molecular complexity index is 504. The summed E-state index contributed by atoms with van der Waals surface area (Å²) in [6.45, 7) is 2.11. The maximum absolute atomic E-state index is 6.20. The molecule has 5 heteroatoms. The Morgan fingerprint density at radius 1 is 1.59 bits per heavy atom. The Morgan fingerprint density at radius 2 is 2.35 bits per heavy atom. The van der Waals surface area contributed by atoms with E-state index in [1.807, 2.05) is 30.2 Å². The third kappa shape index (κ3) is 2.39. The second kappa shape index (κ2) is 5.21. The highest BCUT2D eigenvalue weighted by molar-refractivity contribution is 7.10. The number of hydrogen-bond acceptors (Lipinski definition) is 3. The summed E-state index contributed by atoms with van der Waals surface area (Å²) in [5.74, 6) is 0. The maximum Gasteiger partial charge on any atom is 0.0854 e. The van der Waals surface area contributed by atoms with Gasteiger partial charge >= 0.3 is 0 Å². The molecule has 0 radical (unpaired) electrons. The number of nitrogens with zero attached hydrogens (tertiary/aromatic N) is 2. The van der Waals surface area contributed by atoms with E-state index >= 15 is 0 Å². The summed E-state index contributed by atoms with van der Waals surface area (Å²) < 4.78 is 1.93. The molecule has 0 amide bonds. The van der Waals surface area contributed by atoms with Gasteiger partial charge in [0, 0.05) is 11.9 Å². The molecular weight excluding hydrogens is 254 g/mol. The molecular formula is C12H16ClN3S. The molecule has 0 saturated carbocycles. The van der Waals surface area contributed by atoms with E-state index in [9.17, 15) is 0 Å². The quantitative estimate of drug-likeness (QED) is 0.925. The van der Waals surface area contributed by atoms with Gasteiger partial charge < -0.3 is 5.32 Å². The van der Waals surface area contributed by atoms with Gasteiger partial charge in [0.05, 0.1) is 22.5 Å². The first-order chi connectivity index (χ1) is 8.17. The van der Waals surface area contributed by atoms with Crippen molar-refractivity contribution in [2.24, 2.45) is 7.05 Å². The van der Waals surface area contributed by atoms with E-state index in [0.717, 1.165) is 27.7 Å². The predicted octanol–water partition coefficient (Wildman–Crippen LogP) is 3.01. The highest BCUT2D eigenvalue weighted by atomic mass is 35.5. The molecule has 3 nitrogen and oxygen atoms in total. The summed E-state index contributed by atoms with van der Waals surface area (Å²) >= 11 is 7.86. The van der Waals surface area contributed by atoms with Gasteiger partial charge in [-0.15, -0.1) is 11.3 Å². The molecule has 2 heterocycles. The van der Waals surface area contributed by atoms with Gasteiger partial charge in [0.25, 0.3) is 0 Å². The first-order valence-corrected chi connectivity index (χ1v) is 6.86. The first-order valence-electron chi connectivity index (χ1n) is 5.60. The molecule has 0 fully saturated rings. The Kier molecular flexibility index (Phi) is 3.86. The molecule has 0 bridgehead atoms. The first kappa shape index (κ1) is 12.6. The van der Waals surface area contributed by atoms with Gasteiger partial charge in [-0.2, -0.15) is 5.10 Å².